The number of rotatable bonds is 8. The molecule has 0 saturated carbocycles. The summed E-state index contributed by atoms with van der Waals surface area (Å²) in [6, 6.07) is 18.3. The van der Waals surface area contributed by atoms with Gasteiger partial charge in [0, 0.05) is 42.9 Å². The molecule has 1 unspecified atom stereocenters. The number of furan rings is 1. The number of benzene rings is 4. The van der Waals surface area contributed by atoms with Gasteiger partial charge in [-0.1, -0.05) is 12.1 Å². The van der Waals surface area contributed by atoms with Crippen LogP contribution in [-0.2, 0) is 17.5 Å². The van der Waals surface area contributed by atoms with Crippen LogP contribution in [0.2, 0.25) is 0 Å². The van der Waals surface area contributed by atoms with Gasteiger partial charge in [0.05, 0.1) is 30.3 Å². The van der Waals surface area contributed by atoms with Gasteiger partial charge < -0.3 is 19.9 Å². The first-order valence-electron chi connectivity index (χ1n) is 14.5. The van der Waals surface area contributed by atoms with Crippen LogP contribution in [0.15, 0.2) is 82.0 Å². The Morgan fingerprint density at radius 2 is 1.65 bits per heavy atom. The number of methoxy groups -OCH3 is 1. The Labute approximate surface area is 276 Å². The van der Waals surface area contributed by atoms with Crippen molar-refractivity contribution in [3.63, 3.8) is 0 Å². The molecule has 0 fully saturated rings. The molecule has 0 saturated heterocycles. The smallest absolute Gasteiger partial charge is 0.261 e. The van der Waals surface area contributed by atoms with Gasteiger partial charge in [-0.25, -0.2) is 18.0 Å². The number of anilines is 1. The third-order valence-corrected chi connectivity index (χ3v) is 9.06. The number of fused-ring (bicyclic) bond motifs is 2. The normalized spacial score (nSPS) is 11.7. The molecule has 2 aromatic heterocycles. The fourth-order valence-electron chi connectivity index (χ4n) is 5.59. The monoisotopic (exact) mass is 674 g/mol. The zero-order valence-corrected chi connectivity index (χ0v) is 27.5. The van der Waals surface area contributed by atoms with E-state index in [9.17, 15) is 22.6 Å². The Hall–Kier alpha value is -5.40. The number of nitrogens with one attached hydrogen (secondary N) is 1. The van der Waals surface area contributed by atoms with Crippen LogP contribution in [0.1, 0.15) is 21.7 Å². The van der Waals surface area contributed by atoms with E-state index in [0.29, 0.717) is 50.4 Å². The van der Waals surface area contributed by atoms with E-state index in [1.54, 1.807) is 54.7 Å². The molecule has 0 aliphatic rings. The highest BCUT2D eigenvalue weighted by Gasteiger charge is 2.26. The van der Waals surface area contributed by atoms with E-state index in [4.69, 9.17) is 14.1 Å². The summed E-state index contributed by atoms with van der Waals surface area (Å²) in [5, 5.41) is 3.37. The minimum Gasteiger partial charge on any atom is -0.494 e. The molecule has 0 bridgehead atoms. The van der Waals surface area contributed by atoms with Gasteiger partial charge in [-0.05, 0) is 72.6 Å². The number of ether oxygens (including phenoxy) is 1. The second-order valence-electron chi connectivity index (χ2n) is 10.9. The molecule has 0 aliphatic carbocycles. The number of halogens is 2. The molecular weight excluding hydrogens is 642 g/mol. The van der Waals surface area contributed by atoms with Crippen LogP contribution < -0.4 is 19.9 Å². The van der Waals surface area contributed by atoms with Crippen LogP contribution in [-0.4, -0.2) is 52.6 Å². The van der Waals surface area contributed by atoms with Crippen LogP contribution in [0.5, 0.6) is 5.75 Å². The highest BCUT2D eigenvalue weighted by Crippen LogP contribution is 2.42. The molecule has 4 aromatic carbocycles. The van der Waals surface area contributed by atoms with Crippen LogP contribution in [0.3, 0.4) is 0 Å². The van der Waals surface area contributed by atoms with E-state index in [-0.39, 0.29) is 40.1 Å². The third kappa shape index (κ3) is 6.05. The van der Waals surface area contributed by atoms with E-state index in [0.717, 1.165) is 5.56 Å². The van der Waals surface area contributed by atoms with E-state index < -0.39 is 22.7 Å². The summed E-state index contributed by atoms with van der Waals surface area (Å²) in [5.41, 5.74) is 3.38. The number of hydrogen-bond acceptors (Lipinski definition) is 6. The van der Waals surface area contributed by atoms with Crippen molar-refractivity contribution in [1.29, 1.82) is 0 Å². The summed E-state index contributed by atoms with van der Waals surface area (Å²) in [7, 11) is 3.16. The van der Waals surface area contributed by atoms with Crippen LogP contribution >= 0.6 is 0 Å². The molecule has 6 rings (SSSR count). The molecule has 0 spiro atoms. The molecule has 3 N–H and O–H groups in total. The maximum Gasteiger partial charge on any atom is 0.261 e. The summed E-state index contributed by atoms with van der Waals surface area (Å²) in [6.07, 6.45) is 1.53. The fourth-order valence-corrected chi connectivity index (χ4v) is 6.02. The van der Waals surface area contributed by atoms with Crippen molar-refractivity contribution >= 4 is 44.5 Å². The SMILES string of the molecule is CNC(=O)c1c(-c2ccc(F)cc2)oc2cc(N(C)S(C)=O)c(-c3cc(OC)c4nc(C)n(Cc5ccc(F)cc5)c(=O)c4c3)cc12.O. The molecule has 1 amide bonds. The maximum absolute atomic E-state index is 14.0. The molecule has 1 atom stereocenters. The maximum atomic E-state index is 14.0. The Kier molecular flexibility index (Phi) is 9.46. The number of nitrogens with zero attached hydrogens (tertiary/aromatic N) is 3. The lowest BCUT2D eigenvalue weighted by atomic mass is 9.97. The summed E-state index contributed by atoms with van der Waals surface area (Å²) < 4.78 is 55.1. The lowest BCUT2D eigenvalue weighted by Crippen LogP contribution is -2.24. The molecule has 0 aliphatic heterocycles. The van der Waals surface area contributed by atoms with Gasteiger partial charge in [-0.3, -0.25) is 18.5 Å². The van der Waals surface area contributed by atoms with Crippen LogP contribution in [0, 0.1) is 18.6 Å². The molecule has 6 aromatic rings. The molecule has 2 heterocycles. The van der Waals surface area contributed by atoms with Crippen molar-refractivity contribution in [3.05, 3.63) is 112 Å². The third-order valence-electron chi connectivity index (χ3n) is 8.09. The van der Waals surface area contributed by atoms with Gasteiger partial charge >= 0.3 is 0 Å². The Morgan fingerprint density at radius 1 is 1.00 bits per heavy atom. The zero-order chi connectivity index (χ0) is 33.6. The van der Waals surface area contributed by atoms with Gasteiger partial charge in [0.1, 0.15) is 51.1 Å². The predicted molar refractivity (Wildman–Crippen MR) is 183 cm³/mol. The number of amides is 1. The van der Waals surface area contributed by atoms with Crippen LogP contribution in [0.25, 0.3) is 44.3 Å². The number of hydrogen-bond donors (Lipinski definition) is 1. The summed E-state index contributed by atoms with van der Waals surface area (Å²) in [6.45, 7) is 1.89. The first kappa shape index (κ1) is 33.9. The standard InChI is InChI=1S/C35H30F2N4O5S.H2O/c1-19-39-32-27(35(43)41(19)18-20-6-10-23(36)11-7-20)14-22(15-30(32)45-4)25-16-26-29(17-28(25)40(3)47(5)44)46-33(31(26)34(42)38-2)21-8-12-24(37)13-9-21;/h6-17H,18H2,1-5H3,(H,38,42);1H2. The predicted octanol–water partition coefficient (Wildman–Crippen LogP) is 5.38. The molecule has 13 heteroatoms. The van der Waals surface area contributed by atoms with Gasteiger partial charge in [-0.2, -0.15) is 0 Å². The van der Waals surface area contributed by atoms with Crippen LogP contribution in [0.4, 0.5) is 14.5 Å². The Balaban J connectivity index is 0.00000451. The van der Waals surface area contributed by atoms with Gasteiger partial charge in [-0.15, -0.1) is 0 Å². The van der Waals surface area contributed by atoms with Gasteiger partial charge in [0.2, 0.25) is 0 Å². The highest BCUT2D eigenvalue weighted by molar-refractivity contribution is 7.85. The van der Waals surface area contributed by atoms with Gasteiger partial charge in [0.15, 0.2) is 0 Å². The van der Waals surface area contributed by atoms with E-state index in [1.165, 1.54) is 61.4 Å². The van der Waals surface area contributed by atoms with E-state index >= 15 is 0 Å². The van der Waals surface area contributed by atoms with Crippen molar-refractivity contribution in [2.24, 2.45) is 0 Å². The minimum absolute atomic E-state index is 0. The average molecular weight is 675 g/mol. The first-order chi connectivity index (χ1) is 22.5. The van der Waals surface area contributed by atoms with Crippen molar-refractivity contribution in [3.8, 4) is 28.2 Å². The molecule has 248 valence electrons. The number of aryl methyl sites for hydroxylation is 1. The van der Waals surface area contributed by atoms with Crippen molar-refractivity contribution in [1.82, 2.24) is 14.9 Å². The topological polar surface area (TPSA) is 138 Å². The second-order valence-corrected chi connectivity index (χ2v) is 12.3. The van der Waals surface area contributed by atoms with Crippen molar-refractivity contribution < 1.29 is 32.4 Å². The van der Waals surface area contributed by atoms with Crippen molar-refractivity contribution in [2.45, 2.75) is 13.5 Å². The first-order valence-corrected chi connectivity index (χ1v) is 16.0. The lowest BCUT2D eigenvalue weighted by Gasteiger charge is -2.21. The van der Waals surface area contributed by atoms with E-state index in [2.05, 4.69) is 5.32 Å². The number of carbonyl (C=O) groups excluding carboxylic acids is 1. The average Bonchev–Trinajstić information content (AvgIpc) is 3.44. The Bertz CT molecular complexity index is 2270. The number of carbonyl (C=O) groups is 1. The highest BCUT2D eigenvalue weighted by atomic mass is 32.2. The second kappa shape index (κ2) is 13.4. The lowest BCUT2D eigenvalue weighted by molar-refractivity contribution is 0.0964. The fraction of sp³-hybridized carbons (Fsp3) is 0.171. The Morgan fingerprint density at radius 3 is 2.25 bits per heavy atom. The zero-order valence-electron chi connectivity index (χ0n) is 26.7. The molecule has 48 heavy (non-hydrogen) atoms. The quantitative estimate of drug-likeness (QED) is 0.230. The molecular formula is C35H32F2N4O6S. The summed E-state index contributed by atoms with van der Waals surface area (Å²) in [4.78, 5) is 32.0. The van der Waals surface area contributed by atoms with Crippen molar-refractivity contribution in [2.75, 3.05) is 31.8 Å². The molecule has 0 radical (unpaired) electrons. The minimum atomic E-state index is -1.47. The number of aromatic nitrogens is 2. The largest absolute Gasteiger partial charge is 0.494 e. The van der Waals surface area contributed by atoms with Gasteiger partial charge in [0.25, 0.3) is 11.5 Å². The molecule has 10 nitrogen and oxygen atoms in total. The van der Waals surface area contributed by atoms with E-state index in [1.807, 2.05) is 0 Å². The summed E-state index contributed by atoms with van der Waals surface area (Å²) in [5.74, 6) is -0.214. The summed E-state index contributed by atoms with van der Waals surface area (Å²) >= 11 is 0.